The minimum absolute atomic E-state index is 0.0618. The molecule has 0 saturated carbocycles. The Morgan fingerprint density at radius 1 is 1.04 bits per heavy atom. The van der Waals surface area contributed by atoms with Crippen LogP contribution in [0.4, 0.5) is 0 Å². The molecule has 0 atom stereocenters. The predicted molar refractivity (Wildman–Crippen MR) is 95.0 cm³/mol. The molecule has 3 aromatic rings. The minimum Gasteiger partial charge on any atom is -0.494 e. The van der Waals surface area contributed by atoms with Gasteiger partial charge in [0.15, 0.2) is 4.90 Å². The van der Waals surface area contributed by atoms with Crippen LogP contribution in [0.2, 0.25) is 0 Å². The van der Waals surface area contributed by atoms with Gasteiger partial charge in [-0.05, 0) is 45.0 Å². The molecule has 0 saturated heterocycles. The lowest BCUT2D eigenvalue weighted by atomic mass is 10.2. The molecule has 0 N–H and O–H groups in total. The molecule has 0 unspecified atom stereocenters. The van der Waals surface area contributed by atoms with Crippen LogP contribution in [-0.2, 0) is 9.84 Å². The number of ether oxygens (including phenoxy) is 1. The van der Waals surface area contributed by atoms with Crippen molar-refractivity contribution in [3.63, 3.8) is 0 Å². The fraction of sp³-hybridized carbons (Fsp3) is 0.211. The molecule has 0 aliphatic carbocycles. The lowest BCUT2D eigenvalue weighted by Crippen LogP contribution is -2.17. The molecule has 5 nitrogen and oxygen atoms in total. The Bertz CT molecular complexity index is 1090. The van der Waals surface area contributed by atoms with Crippen molar-refractivity contribution in [3.8, 4) is 5.75 Å². The molecule has 2 aromatic carbocycles. The standard InChI is InChI=1S/C19H18O5S/c1-4-23-14-7-10-16-17(11-14)24-13(3)19(18(16)20)25(21,22)15-8-5-12(2)6-9-15/h5-11H,4H2,1-3H3. The third kappa shape index (κ3) is 3.05. The van der Waals surface area contributed by atoms with Crippen LogP contribution in [0.25, 0.3) is 11.0 Å². The van der Waals surface area contributed by atoms with Gasteiger partial charge in [-0.25, -0.2) is 8.42 Å². The van der Waals surface area contributed by atoms with Gasteiger partial charge >= 0.3 is 0 Å². The largest absolute Gasteiger partial charge is 0.494 e. The predicted octanol–water partition coefficient (Wildman–Crippen LogP) is 3.64. The summed E-state index contributed by atoms with van der Waals surface area (Å²) in [5.41, 5.74) is 0.670. The second kappa shape index (κ2) is 6.37. The molecule has 1 heterocycles. The van der Waals surface area contributed by atoms with Crippen molar-refractivity contribution < 1.29 is 17.6 Å². The first-order chi connectivity index (χ1) is 11.8. The van der Waals surface area contributed by atoms with E-state index in [4.69, 9.17) is 9.15 Å². The zero-order valence-electron chi connectivity index (χ0n) is 14.2. The average molecular weight is 358 g/mol. The third-order valence-electron chi connectivity index (χ3n) is 3.90. The lowest BCUT2D eigenvalue weighted by molar-refractivity contribution is 0.340. The quantitative estimate of drug-likeness (QED) is 0.712. The monoisotopic (exact) mass is 358 g/mol. The van der Waals surface area contributed by atoms with E-state index in [9.17, 15) is 13.2 Å². The second-order valence-electron chi connectivity index (χ2n) is 5.72. The van der Waals surface area contributed by atoms with Gasteiger partial charge in [0.05, 0.1) is 16.9 Å². The van der Waals surface area contributed by atoms with Gasteiger partial charge in [-0.1, -0.05) is 17.7 Å². The molecular formula is C19H18O5S. The summed E-state index contributed by atoms with van der Waals surface area (Å²) >= 11 is 0. The van der Waals surface area contributed by atoms with Crippen LogP contribution >= 0.6 is 0 Å². The van der Waals surface area contributed by atoms with Crippen LogP contribution in [0.5, 0.6) is 5.75 Å². The molecule has 3 rings (SSSR count). The van der Waals surface area contributed by atoms with Crippen LogP contribution in [0.1, 0.15) is 18.2 Å². The number of hydrogen-bond acceptors (Lipinski definition) is 5. The van der Waals surface area contributed by atoms with E-state index in [0.717, 1.165) is 5.56 Å². The summed E-state index contributed by atoms with van der Waals surface area (Å²) in [5.74, 6) is 0.624. The van der Waals surface area contributed by atoms with Crippen molar-refractivity contribution in [2.24, 2.45) is 0 Å². The number of fused-ring (bicyclic) bond motifs is 1. The maximum atomic E-state index is 12.9. The molecule has 6 heteroatoms. The van der Waals surface area contributed by atoms with Crippen molar-refractivity contribution in [3.05, 3.63) is 64.0 Å². The van der Waals surface area contributed by atoms with Crippen molar-refractivity contribution >= 4 is 20.8 Å². The van der Waals surface area contributed by atoms with Gasteiger partial charge in [0.2, 0.25) is 15.3 Å². The van der Waals surface area contributed by atoms with E-state index < -0.39 is 15.3 Å². The fourth-order valence-electron chi connectivity index (χ4n) is 2.67. The molecule has 0 spiro atoms. The van der Waals surface area contributed by atoms with Crippen molar-refractivity contribution in [1.82, 2.24) is 0 Å². The Hall–Kier alpha value is -2.60. The first-order valence-corrected chi connectivity index (χ1v) is 9.35. The molecule has 25 heavy (non-hydrogen) atoms. The summed E-state index contributed by atoms with van der Waals surface area (Å²) in [6, 6.07) is 11.1. The van der Waals surface area contributed by atoms with Crippen LogP contribution in [0.15, 0.2) is 61.5 Å². The lowest BCUT2D eigenvalue weighted by Gasteiger charge is -2.09. The van der Waals surface area contributed by atoms with Gasteiger partial charge in [0.25, 0.3) is 0 Å². The van der Waals surface area contributed by atoms with Crippen LogP contribution in [-0.4, -0.2) is 15.0 Å². The molecule has 0 bridgehead atoms. The zero-order chi connectivity index (χ0) is 18.2. The van der Waals surface area contributed by atoms with Gasteiger partial charge < -0.3 is 9.15 Å². The van der Waals surface area contributed by atoms with E-state index in [2.05, 4.69) is 0 Å². The van der Waals surface area contributed by atoms with E-state index in [-0.39, 0.29) is 20.9 Å². The molecule has 0 fully saturated rings. The normalized spacial score (nSPS) is 11.6. The zero-order valence-corrected chi connectivity index (χ0v) is 15.0. The Kier molecular flexibility index (Phi) is 4.39. The maximum absolute atomic E-state index is 12.9. The number of sulfone groups is 1. The molecular weight excluding hydrogens is 340 g/mol. The fourth-order valence-corrected chi connectivity index (χ4v) is 4.18. The average Bonchev–Trinajstić information content (AvgIpc) is 2.55. The Morgan fingerprint density at radius 3 is 2.36 bits per heavy atom. The first kappa shape index (κ1) is 17.2. The molecule has 0 amide bonds. The van der Waals surface area contributed by atoms with Crippen molar-refractivity contribution in [1.29, 1.82) is 0 Å². The van der Waals surface area contributed by atoms with Gasteiger partial charge in [0.1, 0.15) is 17.1 Å². The summed E-state index contributed by atoms with van der Waals surface area (Å²) in [4.78, 5) is 12.6. The van der Waals surface area contributed by atoms with E-state index >= 15 is 0 Å². The number of rotatable bonds is 4. The summed E-state index contributed by atoms with van der Waals surface area (Å²) < 4.78 is 36.9. The number of aryl methyl sites for hydroxylation is 2. The van der Waals surface area contributed by atoms with E-state index in [1.54, 1.807) is 24.3 Å². The van der Waals surface area contributed by atoms with Gasteiger partial charge in [0, 0.05) is 6.07 Å². The highest BCUT2D eigenvalue weighted by Crippen LogP contribution is 2.26. The first-order valence-electron chi connectivity index (χ1n) is 7.86. The highest BCUT2D eigenvalue weighted by atomic mass is 32.2. The van der Waals surface area contributed by atoms with E-state index in [0.29, 0.717) is 17.9 Å². The highest BCUT2D eigenvalue weighted by molar-refractivity contribution is 7.91. The SMILES string of the molecule is CCOc1ccc2c(=O)c(S(=O)(=O)c3ccc(C)cc3)c(C)oc2c1. The Balaban J connectivity index is 2.24. The highest BCUT2D eigenvalue weighted by Gasteiger charge is 2.26. The summed E-state index contributed by atoms with van der Waals surface area (Å²) in [7, 11) is -3.97. The van der Waals surface area contributed by atoms with Crippen molar-refractivity contribution in [2.45, 2.75) is 30.6 Å². The number of benzene rings is 2. The van der Waals surface area contributed by atoms with E-state index in [1.165, 1.54) is 25.1 Å². The Morgan fingerprint density at radius 2 is 1.72 bits per heavy atom. The van der Waals surface area contributed by atoms with Gasteiger partial charge in [-0.3, -0.25) is 4.79 Å². The summed E-state index contributed by atoms with van der Waals surface area (Å²) in [6.45, 7) is 5.68. The number of hydrogen-bond donors (Lipinski definition) is 0. The smallest absolute Gasteiger partial charge is 0.213 e. The van der Waals surface area contributed by atoms with Gasteiger partial charge in [-0.15, -0.1) is 0 Å². The molecule has 1 aromatic heterocycles. The molecule has 0 aliphatic rings. The Labute approximate surface area is 145 Å². The second-order valence-corrected chi connectivity index (χ2v) is 7.61. The molecule has 130 valence electrons. The van der Waals surface area contributed by atoms with Crippen molar-refractivity contribution in [2.75, 3.05) is 6.61 Å². The summed E-state index contributed by atoms with van der Waals surface area (Å²) in [6.07, 6.45) is 0. The third-order valence-corrected chi connectivity index (χ3v) is 5.80. The maximum Gasteiger partial charge on any atom is 0.213 e. The summed E-state index contributed by atoms with van der Waals surface area (Å²) in [5, 5.41) is 0.208. The van der Waals surface area contributed by atoms with Gasteiger partial charge in [-0.2, -0.15) is 0 Å². The van der Waals surface area contributed by atoms with Crippen LogP contribution in [0, 0.1) is 13.8 Å². The van der Waals surface area contributed by atoms with Crippen LogP contribution < -0.4 is 10.2 Å². The topological polar surface area (TPSA) is 73.6 Å². The molecule has 0 aliphatic heterocycles. The minimum atomic E-state index is -3.97. The molecule has 0 radical (unpaired) electrons. The van der Waals surface area contributed by atoms with Crippen LogP contribution in [0.3, 0.4) is 0 Å². The van der Waals surface area contributed by atoms with E-state index in [1.807, 2.05) is 13.8 Å².